The fourth-order valence-electron chi connectivity index (χ4n) is 3.73. The molecule has 0 radical (unpaired) electrons. The van der Waals surface area contributed by atoms with Crippen LogP contribution in [-0.4, -0.2) is 16.8 Å². The molecule has 3 aromatic rings. The Hall–Kier alpha value is -3.18. The molecule has 142 valence electrons. The molecule has 28 heavy (non-hydrogen) atoms. The number of aryl methyl sites for hydroxylation is 2. The van der Waals surface area contributed by atoms with Crippen molar-refractivity contribution in [2.24, 2.45) is 0 Å². The number of furan rings is 1. The molecule has 0 bridgehead atoms. The van der Waals surface area contributed by atoms with Crippen molar-refractivity contribution in [2.45, 2.75) is 32.4 Å². The molecule has 1 N–H and O–H groups in total. The van der Waals surface area contributed by atoms with Crippen molar-refractivity contribution in [1.82, 2.24) is 0 Å². The first kappa shape index (κ1) is 18.2. The van der Waals surface area contributed by atoms with Gasteiger partial charge in [-0.3, -0.25) is 9.59 Å². The lowest BCUT2D eigenvalue weighted by molar-refractivity contribution is -0.136. The standard InChI is InChI=1S/C23H21NO4/c1-15-9-10-16(2)17(12-15)14-24-19-7-4-3-6-18(19)23(27,22(24)26)13-20(25)21-8-5-11-28-21/h3-12,27H,13-14H2,1-2H3. The van der Waals surface area contributed by atoms with E-state index < -0.39 is 17.3 Å². The Morgan fingerprint density at radius 2 is 1.89 bits per heavy atom. The maximum Gasteiger partial charge on any atom is 0.264 e. The minimum absolute atomic E-state index is 0.131. The highest BCUT2D eigenvalue weighted by atomic mass is 16.3. The predicted molar refractivity (Wildman–Crippen MR) is 105 cm³/mol. The maximum absolute atomic E-state index is 13.3. The molecular formula is C23H21NO4. The van der Waals surface area contributed by atoms with Crippen LogP contribution in [0.4, 0.5) is 5.69 Å². The van der Waals surface area contributed by atoms with E-state index in [9.17, 15) is 14.7 Å². The number of hydrogen-bond donors (Lipinski definition) is 1. The van der Waals surface area contributed by atoms with Gasteiger partial charge in [0.05, 0.1) is 24.9 Å². The zero-order valence-electron chi connectivity index (χ0n) is 15.8. The fourth-order valence-corrected chi connectivity index (χ4v) is 3.73. The Labute approximate surface area is 163 Å². The Morgan fingerprint density at radius 1 is 1.11 bits per heavy atom. The highest BCUT2D eigenvalue weighted by molar-refractivity contribution is 6.10. The number of ketones is 1. The lowest BCUT2D eigenvalue weighted by Crippen LogP contribution is -2.41. The molecule has 1 aliphatic rings. The molecule has 5 nitrogen and oxygen atoms in total. The molecule has 2 heterocycles. The van der Waals surface area contributed by atoms with Crippen LogP contribution in [0.3, 0.4) is 0 Å². The summed E-state index contributed by atoms with van der Waals surface area (Å²) in [7, 11) is 0. The van der Waals surface area contributed by atoms with Crippen LogP contribution >= 0.6 is 0 Å². The molecule has 0 fully saturated rings. The summed E-state index contributed by atoms with van der Waals surface area (Å²) in [5.74, 6) is -0.773. The molecule has 1 aliphatic heterocycles. The first-order valence-corrected chi connectivity index (χ1v) is 9.17. The molecular weight excluding hydrogens is 354 g/mol. The number of hydrogen-bond acceptors (Lipinski definition) is 4. The first-order chi connectivity index (χ1) is 13.4. The second-order valence-corrected chi connectivity index (χ2v) is 7.28. The second kappa shape index (κ2) is 6.77. The third-order valence-corrected chi connectivity index (χ3v) is 5.28. The largest absolute Gasteiger partial charge is 0.461 e. The van der Waals surface area contributed by atoms with Crippen LogP contribution in [0.25, 0.3) is 0 Å². The van der Waals surface area contributed by atoms with Gasteiger partial charge < -0.3 is 14.4 Å². The van der Waals surface area contributed by atoms with Crippen molar-refractivity contribution in [1.29, 1.82) is 0 Å². The van der Waals surface area contributed by atoms with Crippen molar-refractivity contribution in [3.8, 4) is 0 Å². The number of Topliss-reactive ketones (excluding diaryl/α,β-unsaturated/α-hetero) is 1. The van der Waals surface area contributed by atoms with Crippen molar-refractivity contribution >= 4 is 17.4 Å². The number of carbonyl (C=O) groups excluding carboxylic acids is 2. The van der Waals surface area contributed by atoms with Gasteiger partial charge in [-0.25, -0.2) is 0 Å². The molecule has 1 amide bonds. The van der Waals surface area contributed by atoms with E-state index in [0.717, 1.165) is 16.7 Å². The molecule has 1 unspecified atom stereocenters. The zero-order chi connectivity index (χ0) is 19.9. The zero-order valence-corrected chi connectivity index (χ0v) is 15.8. The summed E-state index contributed by atoms with van der Waals surface area (Å²) in [6, 6.07) is 16.3. The summed E-state index contributed by atoms with van der Waals surface area (Å²) in [5.41, 5.74) is 2.35. The van der Waals surface area contributed by atoms with Crippen LogP contribution in [-0.2, 0) is 16.9 Å². The third-order valence-electron chi connectivity index (χ3n) is 5.28. The van der Waals surface area contributed by atoms with Crippen molar-refractivity contribution in [3.05, 3.63) is 88.9 Å². The van der Waals surface area contributed by atoms with E-state index in [4.69, 9.17) is 4.42 Å². The van der Waals surface area contributed by atoms with Crippen LogP contribution < -0.4 is 4.90 Å². The molecule has 0 spiro atoms. The average molecular weight is 375 g/mol. The minimum atomic E-state index is -1.90. The monoisotopic (exact) mass is 375 g/mol. The summed E-state index contributed by atoms with van der Waals surface area (Å²) in [6.07, 6.45) is 1.04. The van der Waals surface area contributed by atoms with Gasteiger partial charge in [0.2, 0.25) is 5.78 Å². The van der Waals surface area contributed by atoms with Crippen molar-refractivity contribution in [2.75, 3.05) is 4.90 Å². The van der Waals surface area contributed by atoms with Gasteiger partial charge in [0, 0.05) is 5.56 Å². The topological polar surface area (TPSA) is 70.8 Å². The molecule has 1 atom stereocenters. The number of nitrogens with zero attached hydrogens (tertiary/aromatic N) is 1. The summed E-state index contributed by atoms with van der Waals surface area (Å²) >= 11 is 0. The lowest BCUT2D eigenvalue weighted by atomic mass is 9.89. The number of amides is 1. The molecule has 2 aromatic carbocycles. The van der Waals surface area contributed by atoms with Crippen molar-refractivity contribution < 1.29 is 19.1 Å². The highest BCUT2D eigenvalue weighted by Gasteiger charge is 2.51. The normalized spacial score (nSPS) is 18.4. The first-order valence-electron chi connectivity index (χ1n) is 9.17. The average Bonchev–Trinajstić information content (AvgIpc) is 3.28. The van der Waals surface area contributed by atoms with E-state index in [1.807, 2.05) is 38.1 Å². The Bertz CT molecular complexity index is 1050. The van der Waals surface area contributed by atoms with Crippen LogP contribution in [0.5, 0.6) is 0 Å². The number of anilines is 1. The van der Waals surface area contributed by atoms with Crippen LogP contribution in [0.1, 0.15) is 39.2 Å². The Kier molecular flexibility index (Phi) is 4.40. The molecule has 5 heteroatoms. The van der Waals surface area contributed by atoms with Gasteiger partial charge in [-0.05, 0) is 43.2 Å². The second-order valence-electron chi connectivity index (χ2n) is 7.28. The molecule has 0 aliphatic carbocycles. The van der Waals surface area contributed by atoms with Gasteiger partial charge in [-0.1, -0.05) is 42.0 Å². The van der Waals surface area contributed by atoms with Crippen LogP contribution in [0.2, 0.25) is 0 Å². The minimum Gasteiger partial charge on any atom is -0.461 e. The smallest absolute Gasteiger partial charge is 0.264 e. The summed E-state index contributed by atoms with van der Waals surface area (Å²) in [5, 5.41) is 11.3. The summed E-state index contributed by atoms with van der Waals surface area (Å²) in [6.45, 7) is 4.33. The van der Waals surface area contributed by atoms with Crippen LogP contribution in [0, 0.1) is 13.8 Å². The van der Waals surface area contributed by atoms with E-state index in [-0.39, 0.29) is 12.2 Å². The van der Waals surface area contributed by atoms with E-state index in [0.29, 0.717) is 17.8 Å². The number of rotatable bonds is 5. The van der Waals surface area contributed by atoms with Gasteiger partial charge in [0.25, 0.3) is 5.91 Å². The van der Waals surface area contributed by atoms with Gasteiger partial charge in [0.1, 0.15) is 0 Å². The Balaban J connectivity index is 1.71. The van der Waals surface area contributed by atoms with Gasteiger partial charge in [0.15, 0.2) is 11.4 Å². The Morgan fingerprint density at radius 3 is 2.64 bits per heavy atom. The van der Waals surface area contributed by atoms with Gasteiger partial charge in [-0.15, -0.1) is 0 Å². The molecule has 4 rings (SSSR count). The quantitative estimate of drug-likeness (QED) is 0.687. The lowest BCUT2D eigenvalue weighted by Gasteiger charge is -2.23. The summed E-state index contributed by atoms with van der Waals surface area (Å²) < 4.78 is 5.14. The summed E-state index contributed by atoms with van der Waals surface area (Å²) in [4.78, 5) is 27.4. The van der Waals surface area contributed by atoms with Gasteiger partial charge >= 0.3 is 0 Å². The SMILES string of the molecule is Cc1ccc(C)c(CN2C(=O)C(O)(CC(=O)c3ccco3)c3ccccc32)c1. The van der Waals surface area contributed by atoms with Gasteiger partial charge in [-0.2, -0.15) is 0 Å². The number of carbonyl (C=O) groups is 2. The molecule has 0 saturated carbocycles. The van der Waals surface area contributed by atoms with E-state index in [2.05, 4.69) is 0 Å². The fraction of sp³-hybridized carbons (Fsp3) is 0.217. The number of aliphatic hydroxyl groups is 1. The van der Waals surface area contributed by atoms with Crippen LogP contribution in [0.15, 0.2) is 65.3 Å². The third kappa shape index (κ3) is 2.94. The highest BCUT2D eigenvalue weighted by Crippen LogP contribution is 2.43. The number of benzene rings is 2. The van der Waals surface area contributed by atoms with Crippen molar-refractivity contribution in [3.63, 3.8) is 0 Å². The van der Waals surface area contributed by atoms with E-state index in [1.54, 1.807) is 29.2 Å². The number of fused-ring (bicyclic) bond motifs is 1. The van der Waals surface area contributed by atoms with E-state index >= 15 is 0 Å². The molecule has 0 saturated heterocycles. The predicted octanol–water partition coefficient (Wildman–Crippen LogP) is 3.90. The van der Waals surface area contributed by atoms with E-state index in [1.165, 1.54) is 12.3 Å². The molecule has 1 aromatic heterocycles. The maximum atomic E-state index is 13.3. The number of para-hydroxylation sites is 1.